The largest absolute Gasteiger partial charge is 0.418 e. The average Bonchev–Trinajstić information content (AvgIpc) is 2.85. The Morgan fingerprint density at radius 3 is 1.96 bits per heavy atom. The minimum Gasteiger partial charge on any atom is -0.418 e. The second-order valence-electron chi connectivity index (χ2n) is 6.71. The van der Waals surface area contributed by atoms with Gasteiger partial charge >= 0.3 is 5.97 Å². The van der Waals surface area contributed by atoms with Gasteiger partial charge < -0.3 is 4.74 Å². The van der Waals surface area contributed by atoms with E-state index in [2.05, 4.69) is 13.0 Å². The van der Waals surface area contributed by atoms with E-state index < -0.39 is 0 Å². The number of hydrogen-bond acceptors (Lipinski definition) is 3. The van der Waals surface area contributed by atoms with Crippen molar-refractivity contribution in [1.29, 1.82) is 0 Å². The number of carbonyl (C=O) groups is 1. The third kappa shape index (κ3) is 10.6. The van der Waals surface area contributed by atoms with Crippen LogP contribution in [0.3, 0.4) is 0 Å². The first-order valence-corrected chi connectivity index (χ1v) is 10.1. The highest BCUT2D eigenvalue weighted by atomic mass is 32.1. The average molecular weight is 339 g/mol. The molecule has 23 heavy (non-hydrogen) atoms. The van der Waals surface area contributed by atoms with Crippen molar-refractivity contribution in [3.63, 3.8) is 0 Å². The molecule has 0 amide bonds. The number of esters is 1. The second kappa shape index (κ2) is 13.7. The maximum absolute atomic E-state index is 11.1. The van der Waals surface area contributed by atoms with Gasteiger partial charge in [-0.2, -0.15) is 0 Å². The molecule has 1 aliphatic heterocycles. The normalized spacial score (nSPS) is 18.0. The molecule has 2 nitrogen and oxygen atoms in total. The van der Waals surface area contributed by atoms with Crippen LogP contribution in [0.4, 0.5) is 0 Å². The van der Waals surface area contributed by atoms with Gasteiger partial charge in [0.05, 0.1) is 12.3 Å². The molecule has 0 aromatic heterocycles. The van der Waals surface area contributed by atoms with Gasteiger partial charge in [0, 0.05) is 0 Å². The first-order chi connectivity index (χ1) is 11.2. The van der Waals surface area contributed by atoms with Crippen molar-refractivity contribution in [1.82, 2.24) is 0 Å². The number of carbonyl (C=O) groups excluding carboxylic acids is 1. The minimum absolute atomic E-state index is 0.0369. The predicted octanol–water partition coefficient (Wildman–Crippen LogP) is 6.52. The number of unbranched alkanes of at least 4 members (excludes halogenated alkanes) is 12. The molecule has 0 bridgehead atoms. The first kappa shape index (κ1) is 20.3. The van der Waals surface area contributed by atoms with E-state index in [1.807, 2.05) is 6.08 Å². The first-order valence-electron chi connectivity index (χ1n) is 9.65. The Hall–Kier alpha value is -0.700. The van der Waals surface area contributed by atoms with Gasteiger partial charge in [-0.1, -0.05) is 89.7 Å². The van der Waals surface area contributed by atoms with Crippen molar-refractivity contribution in [2.24, 2.45) is 5.92 Å². The van der Waals surface area contributed by atoms with Gasteiger partial charge in [0.15, 0.2) is 5.05 Å². The molecule has 1 rings (SSSR count). The van der Waals surface area contributed by atoms with E-state index >= 15 is 0 Å². The molecule has 1 atom stereocenters. The molecule has 0 saturated carbocycles. The lowest BCUT2D eigenvalue weighted by Crippen LogP contribution is -2.00. The van der Waals surface area contributed by atoms with Crippen LogP contribution in [0.1, 0.15) is 96.8 Å². The zero-order chi connectivity index (χ0) is 16.8. The molecule has 0 N–H and O–H groups in total. The fourth-order valence-electron chi connectivity index (χ4n) is 3.00. The lowest BCUT2D eigenvalue weighted by Gasteiger charge is -2.02. The van der Waals surface area contributed by atoms with Crippen molar-refractivity contribution >= 4 is 23.2 Å². The summed E-state index contributed by atoms with van der Waals surface area (Å²) in [6.07, 6.45) is 22.3. The summed E-state index contributed by atoms with van der Waals surface area (Å²) in [6, 6.07) is 0. The molecular formula is C20H34O2S. The van der Waals surface area contributed by atoms with Crippen LogP contribution in [0.2, 0.25) is 0 Å². The van der Waals surface area contributed by atoms with E-state index in [-0.39, 0.29) is 11.9 Å². The Bertz CT molecular complexity index is 363. The molecule has 1 aliphatic rings. The summed E-state index contributed by atoms with van der Waals surface area (Å²) in [5, 5.41) is 0.445. The smallest absolute Gasteiger partial charge is 0.312 e. The zero-order valence-corrected chi connectivity index (χ0v) is 15.7. The highest BCUT2D eigenvalue weighted by molar-refractivity contribution is 7.80. The minimum atomic E-state index is -0.185. The molecule has 0 aromatic carbocycles. The predicted molar refractivity (Wildman–Crippen MR) is 102 cm³/mol. The van der Waals surface area contributed by atoms with E-state index in [1.54, 1.807) is 0 Å². The third-order valence-electron chi connectivity index (χ3n) is 4.50. The summed E-state index contributed by atoms with van der Waals surface area (Å²) in [4.78, 5) is 11.1. The Balaban J connectivity index is 1.81. The monoisotopic (exact) mass is 338 g/mol. The molecule has 0 radical (unpaired) electrons. The standard InChI is InChI=1S/C20H34O2S/c1-2-3-4-5-6-7-8-9-10-11-12-13-14-15-16-18-17-19(21)22-20(18)23/h15-16,18H,2-14,17H2,1H3. The van der Waals surface area contributed by atoms with E-state index in [0.29, 0.717) is 11.5 Å². The van der Waals surface area contributed by atoms with Crippen molar-refractivity contribution in [2.75, 3.05) is 0 Å². The molecule has 1 unspecified atom stereocenters. The number of cyclic esters (lactones) is 1. The van der Waals surface area contributed by atoms with Gasteiger partial charge in [-0.05, 0) is 25.1 Å². The van der Waals surface area contributed by atoms with Crippen LogP contribution in [0.15, 0.2) is 12.2 Å². The van der Waals surface area contributed by atoms with Gasteiger partial charge in [-0.15, -0.1) is 0 Å². The van der Waals surface area contributed by atoms with Crippen LogP contribution in [0.25, 0.3) is 0 Å². The SMILES string of the molecule is CCCCCCCCCCCCCCC=CC1CC(=O)OC1=S. The van der Waals surface area contributed by atoms with E-state index in [4.69, 9.17) is 17.0 Å². The van der Waals surface area contributed by atoms with Gasteiger partial charge in [0.1, 0.15) is 0 Å². The fourth-order valence-corrected chi connectivity index (χ4v) is 3.26. The quantitative estimate of drug-likeness (QED) is 0.156. The van der Waals surface area contributed by atoms with Crippen molar-refractivity contribution < 1.29 is 9.53 Å². The van der Waals surface area contributed by atoms with Crippen LogP contribution in [-0.4, -0.2) is 11.0 Å². The highest BCUT2D eigenvalue weighted by Crippen LogP contribution is 2.19. The van der Waals surface area contributed by atoms with Gasteiger partial charge in [-0.3, -0.25) is 4.79 Å². The Morgan fingerprint density at radius 1 is 0.957 bits per heavy atom. The Kier molecular flexibility index (Phi) is 12.1. The third-order valence-corrected chi connectivity index (χ3v) is 4.88. The number of allylic oxidation sites excluding steroid dienone is 1. The molecule has 132 valence electrons. The van der Waals surface area contributed by atoms with E-state index in [0.717, 1.165) is 6.42 Å². The maximum atomic E-state index is 11.1. The van der Waals surface area contributed by atoms with Crippen LogP contribution >= 0.6 is 12.2 Å². The van der Waals surface area contributed by atoms with Gasteiger partial charge in [-0.25, -0.2) is 0 Å². The highest BCUT2D eigenvalue weighted by Gasteiger charge is 2.27. The molecule has 1 fully saturated rings. The fraction of sp³-hybridized carbons (Fsp3) is 0.800. The number of ether oxygens (including phenoxy) is 1. The van der Waals surface area contributed by atoms with E-state index in [9.17, 15) is 4.79 Å². The summed E-state index contributed by atoms with van der Waals surface area (Å²) in [5.41, 5.74) is 0. The molecule has 1 saturated heterocycles. The maximum Gasteiger partial charge on any atom is 0.312 e. The summed E-state index contributed by atoms with van der Waals surface area (Å²) >= 11 is 5.02. The Morgan fingerprint density at radius 2 is 1.48 bits per heavy atom. The van der Waals surface area contributed by atoms with Crippen LogP contribution in [-0.2, 0) is 9.53 Å². The second-order valence-corrected chi connectivity index (χ2v) is 7.11. The van der Waals surface area contributed by atoms with Gasteiger partial charge in [0.25, 0.3) is 0 Å². The molecule has 1 heterocycles. The summed E-state index contributed by atoms with van der Waals surface area (Å²) < 4.78 is 4.88. The molecular weight excluding hydrogens is 304 g/mol. The van der Waals surface area contributed by atoms with Crippen LogP contribution < -0.4 is 0 Å². The molecule has 0 spiro atoms. The molecule has 0 aromatic rings. The number of hydrogen-bond donors (Lipinski definition) is 0. The topological polar surface area (TPSA) is 26.3 Å². The van der Waals surface area contributed by atoms with Crippen molar-refractivity contribution in [3.8, 4) is 0 Å². The summed E-state index contributed by atoms with van der Waals surface area (Å²) in [6.45, 7) is 2.27. The summed E-state index contributed by atoms with van der Waals surface area (Å²) in [5.74, 6) is -0.148. The molecule has 3 heteroatoms. The number of rotatable bonds is 14. The zero-order valence-electron chi connectivity index (χ0n) is 14.9. The van der Waals surface area contributed by atoms with Crippen LogP contribution in [0, 0.1) is 5.92 Å². The molecule has 0 aliphatic carbocycles. The van der Waals surface area contributed by atoms with Crippen molar-refractivity contribution in [2.45, 2.75) is 96.8 Å². The summed E-state index contributed by atoms with van der Waals surface area (Å²) in [7, 11) is 0. The Labute approximate surface area is 148 Å². The van der Waals surface area contributed by atoms with Crippen LogP contribution in [0.5, 0.6) is 0 Å². The lowest BCUT2D eigenvalue weighted by molar-refractivity contribution is -0.133. The van der Waals surface area contributed by atoms with Crippen molar-refractivity contribution in [3.05, 3.63) is 12.2 Å². The lowest BCUT2D eigenvalue weighted by atomic mass is 10.0. The van der Waals surface area contributed by atoms with E-state index in [1.165, 1.54) is 77.0 Å². The van der Waals surface area contributed by atoms with Gasteiger partial charge in [0.2, 0.25) is 0 Å². The number of thiocarbonyl (C=S) groups is 1.